The maximum Gasteiger partial charge on any atom is 0.144 e. The lowest BCUT2D eigenvalue weighted by Gasteiger charge is -2.08. The van der Waals surface area contributed by atoms with Crippen LogP contribution in [0.2, 0.25) is 0 Å². The summed E-state index contributed by atoms with van der Waals surface area (Å²) >= 11 is 0. The number of nitrogens with zero attached hydrogens (tertiary/aromatic N) is 1. The quantitative estimate of drug-likeness (QED) is 0.768. The Bertz CT molecular complexity index is 372. The number of nitrogens with one attached hydrogen (secondary N) is 1. The molecule has 1 heterocycles. The molecule has 0 aliphatic heterocycles. The van der Waals surface area contributed by atoms with Crippen molar-refractivity contribution in [2.75, 3.05) is 13.7 Å². The van der Waals surface area contributed by atoms with Crippen molar-refractivity contribution in [1.82, 2.24) is 10.3 Å². The Kier molecular flexibility index (Phi) is 5.70. The van der Waals surface area contributed by atoms with Crippen LogP contribution in [0.3, 0.4) is 0 Å². The molecule has 0 aromatic carbocycles. The highest BCUT2D eigenvalue weighted by molar-refractivity contribution is 5.65. The second-order valence-corrected chi connectivity index (χ2v) is 4.34. The summed E-state index contributed by atoms with van der Waals surface area (Å²) in [5.74, 6) is 0.832. The highest BCUT2D eigenvalue weighted by Gasteiger charge is 2.04. The third-order valence-electron chi connectivity index (χ3n) is 2.51. The van der Waals surface area contributed by atoms with Gasteiger partial charge in [-0.3, -0.25) is 4.98 Å². The minimum absolute atomic E-state index is 0.535. The van der Waals surface area contributed by atoms with Crippen molar-refractivity contribution in [2.24, 2.45) is 0 Å². The second-order valence-electron chi connectivity index (χ2n) is 4.34. The normalized spacial score (nSPS) is 11.9. The molecule has 0 amide bonds. The van der Waals surface area contributed by atoms with Crippen molar-refractivity contribution < 1.29 is 4.74 Å². The molecule has 94 valence electrons. The van der Waals surface area contributed by atoms with Gasteiger partial charge in [-0.15, -0.1) is 0 Å². The number of methoxy groups -OCH3 is 1. The molecule has 0 saturated heterocycles. The van der Waals surface area contributed by atoms with Gasteiger partial charge >= 0.3 is 0 Å². The van der Waals surface area contributed by atoms with E-state index in [9.17, 15) is 0 Å². The molecule has 0 fully saturated rings. The third-order valence-corrected chi connectivity index (χ3v) is 2.51. The second kappa shape index (κ2) is 7.07. The highest BCUT2D eigenvalue weighted by atomic mass is 16.5. The van der Waals surface area contributed by atoms with Crippen molar-refractivity contribution in [1.29, 1.82) is 0 Å². The Labute approximate surface area is 104 Å². The van der Waals surface area contributed by atoms with Gasteiger partial charge in [0.1, 0.15) is 11.4 Å². The van der Waals surface area contributed by atoms with E-state index in [0.717, 1.165) is 30.0 Å². The Hall–Kier alpha value is -1.35. The van der Waals surface area contributed by atoms with Crippen molar-refractivity contribution in [2.45, 2.75) is 33.2 Å². The predicted octanol–water partition coefficient (Wildman–Crippen LogP) is 2.88. The van der Waals surface area contributed by atoms with Gasteiger partial charge in [-0.2, -0.15) is 0 Å². The molecular formula is C14H22N2O. The molecule has 1 N–H and O–H groups in total. The Balaban J connectivity index is 2.61. The van der Waals surface area contributed by atoms with Gasteiger partial charge in [0.05, 0.1) is 7.11 Å². The molecule has 0 atom stereocenters. The minimum Gasteiger partial charge on any atom is -0.494 e. The lowest BCUT2D eigenvalue weighted by Crippen LogP contribution is -2.23. The van der Waals surface area contributed by atoms with E-state index in [0.29, 0.717) is 6.04 Å². The van der Waals surface area contributed by atoms with Crippen LogP contribution in [0.5, 0.6) is 5.75 Å². The van der Waals surface area contributed by atoms with E-state index < -0.39 is 0 Å². The molecule has 0 spiro atoms. The molecular weight excluding hydrogens is 212 g/mol. The van der Waals surface area contributed by atoms with Gasteiger partial charge < -0.3 is 10.1 Å². The van der Waals surface area contributed by atoms with E-state index in [1.165, 1.54) is 0 Å². The third kappa shape index (κ3) is 4.57. The van der Waals surface area contributed by atoms with Crippen LogP contribution in [0.1, 0.15) is 32.9 Å². The van der Waals surface area contributed by atoms with Crippen LogP contribution < -0.4 is 10.1 Å². The number of allylic oxidation sites excluding steroid dienone is 1. The number of ether oxygens (including phenoxy) is 1. The summed E-state index contributed by atoms with van der Waals surface area (Å²) in [5.41, 5.74) is 2.09. The van der Waals surface area contributed by atoms with Crippen LogP contribution in [0.15, 0.2) is 24.4 Å². The van der Waals surface area contributed by atoms with Gasteiger partial charge in [0.2, 0.25) is 0 Å². The zero-order chi connectivity index (χ0) is 12.7. The SMILES string of the molecule is COc1cccnc1/C(C)=C/CCNC(C)C. The topological polar surface area (TPSA) is 34.1 Å². The zero-order valence-corrected chi connectivity index (χ0v) is 11.2. The number of rotatable bonds is 6. The zero-order valence-electron chi connectivity index (χ0n) is 11.2. The Morgan fingerprint density at radius 2 is 2.29 bits per heavy atom. The van der Waals surface area contributed by atoms with Crippen molar-refractivity contribution >= 4 is 5.57 Å². The summed E-state index contributed by atoms with van der Waals surface area (Å²) in [6, 6.07) is 4.36. The van der Waals surface area contributed by atoms with Gasteiger partial charge in [-0.25, -0.2) is 0 Å². The first-order valence-electron chi connectivity index (χ1n) is 6.04. The van der Waals surface area contributed by atoms with E-state index in [-0.39, 0.29) is 0 Å². The van der Waals surface area contributed by atoms with Gasteiger partial charge in [-0.1, -0.05) is 19.9 Å². The number of aromatic nitrogens is 1. The van der Waals surface area contributed by atoms with Gasteiger partial charge in [0.15, 0.2) is 0 Å². The fourth-order valence-electron chi connectivity index (χ4n) is 1.61. The molecule has 0 radical (unpaired) electrons. The fraction of sp³-hybridized carbons (Fsp3) is 0.500. The fourth-order valence-corrected chi connectivity index (χ4v) is 1.61. The van der Waals surface area contributed by atoms with Crippen molar-refractivity contribution in [3.05, 3.63) is 30.1 Å². The highest BCUT2D eigenvalue weighted by Crippen LogP contribution is 2.22. The van der Waals surface area contributed by atoms with E-state index in [1.54, 1.807) is 13.3 Å². The smallest absolute Gasteiger partial charge is 0.144 e. The van der Waals surface area contributed by atoms with Gasteiger partial charge in [0, 0.05) is 12.2 Å². The summed E-state index contributed by atoms with van der Waals surface area (Å²) in [6.07, 6.45) is 4.99. The average Bonchev–Trinajstić information content (AvgIpc) is 2.34. The van der Waals surface area contributed by atoms with Gasteiger partial charge in [0.25, 0.3) is 0 Å². The van der Waals surface area contributed by atoms with E-state index in [4.69, 9.17) is 4.74 Å². The standard InChI is InChI=1S/C14H22N2O/c1-11(2)15-9-5-7-12(3)14-13(17-4)8-6-10-16-14/h6-8,10-11,15H,5,9H2,1-4H3/b12-7+. The molecule has 1 aromatic heterocycles. The summed E-state index contributed by atoms with van der Waals surface area (Å²) in [7, 11) is 1.67. The molecule has 0 aliphatic rings. The lowest BCUT2D eigenvalue weighted by atomic mass is 10.1. The van der Waals surface area contributed by atoms with E-state index in [2.05, 4.69) is 37.1 Å². The van der Waals surface area contributed by atoms with Crippen LogP contribution in [0, 0.1) is 0 Å². The number of hydrogen-bond acceptors (Lipinski definition) is 3. The monoisotopic (exact) mass is 234 g/mol. The van der Waals surface area contributed by atoms with Gasteiger partial charge in [-0.05, 0) is 37.6 Å². The maximum atomic E-state index is 5.29. The lowest BCUT2D eigenvalue weighted by molar-refractivity contribution is 0.411. The summed E-state index contributed by atoms with van der Waals surface area (Å²) in [5, 5.41) is 3.38. The molecule has 0 aliphatic carbocycles. The molecule has 3 nitrogen and oxygen atoms in total. The maximum absolute atomic E-state index is 5.29. The van der Waals surface area contributed by atoms with Crippen LogP contribution in [-0.4, -0.2) is 24.7 Å². The van der Waals surface area contributed by atoms with Crippen LogP contribution in [-0.2, 0) is 0 Å². The minimum atomic E-state index is 0.535. The largest absolute Gasteiger partial charge is 0.494 e. The molecule has 17 heavy (non-hydrogen) atoms. The van der Waals surface area contributed by atoms with E-state index >= 15 is 0 Å². The Morgan fingerprint density at radius 1 is 1.53 bits per heavy atom. The molecule has 0 unspecified atom stereocenters. The van der Waals surface area contributed by atoms with E-state index in [1.807, 2.05) is 12.1 Å². The van der Waals surface area contributed by atoms with Crippen LogP contribution in [0.4, 0.5) is 0 Å². The predicted molar refractivity (Wildman–Crippen MR) is 72.2 cm³/mol. The van der Waals surface area contributed by atoms with Crippen molar-refractivity contribution in [3.63, 3.8) is 0 Å². The van der Waals surface area contributed by atoms with Crippen molar-refractivity contribution in [3.8, 4) is 5.75 Å². The first kappa shape index (κ1) is 13.7. The molecule has 0 bridgehead atoms. The summed E-state index contributed by atoms with van der Waals surface area (Å²) in [6.45, 7) is 7.36. The average molecular weight is 234 g/mol. The van der Waals surface area contributed by atoms with Crippen LogP contribution >= 0.6 is 0 Å². The van der Waals surface area contributed by atoms with Crippen LogP contribution in [0.25, 0.3) is 5.57 Å². The molecule has 3 heteroatoms. The first-order chi connectivity index (χ1) is 8.15. The molecule has 1 aromatic rings. The Morgan fingerprint density at radius 3 is 2.94 bits per heavy atom. The number of hydrogen-bond donors (Lipinski definition) is 1. The first-order valence-corrected chi connectivity index (χ1v) is 6.04. The summed E-state index contributed by atoms with van der Waals surface area (Å²) in [4.78, 5) is 4.35. The molecule has 1 rings (SSSR count). The molecule has 0 saturated carbocycles. The number of pyridine rings is 1. The summed E-state index contributed by atoms with van der Waals surface area (Å²) < 4.78 is 5.29.